The lowest BCUT2D eigenvalue weighted by atomic mass is 10.0. The third-order valence-electron chi connectivity index (χ3n) is 5.59. The number of benzene rings is 1. The van der Waals surface area contributed by atoms with E-state index < -0.39 is 23.4 Å². The lowest BCUT2D eigenvalue weighted by Gasteiger charge is -2.32. The van der Waals surface area contributed by atoms with Crippen LogP contribution in [0.5, 0.6) is 0 Å². The Morgan fingerprint density at radius 2 is 1.85 bits per heavy atom. The van der Waals surface area contributed by atoms with Crippen LogP contribution in [-0.4, -0.2) is 55.8 Å². The number of piperidine rings is 1. The Morgan fingerprint density at radius 1 is 1.15 bits per heavy atom. The minimum Gasteiger partial charge on any atom is -0.462 e. The Hall–Kier alpha value is -3.63. The molecule has 1 aliphatic heterocycles. The molecule has 0 radical (unpaired) electrons. The van der Waals surface area contributed by atoms with Gasteiger partial charge in [0.15, 0.2) is 5.69 Å². The van der Waals surface area contributed by atoms with Crippen LogP contribution in [0.2, 0.25) is 0 Å². The molecule has 0 aliphatic carbocycles. The number of esters is 1. The maximum Gasteiger partial charge on any atom is 0.434 e. The fourth-order valence-corrected chi connectivity index (χ4v) is 3.96. The second-order valence-corrected chi connectivity index (χ2v) is 7.62. The predicted octanol–water partition coefficient (Wildman–Crippen LogP) is 3.74. The van der Waals surface area contributed by atoms with E-state index in [2.05, 4.69) is 10.1 Å². The van der Waals surface area contributed by atoms with Gasteiger partial charge in [-0.15, -0.1) is 0 Å². The van der Waals surface area contributed by atoms with Gasteiger partial charge in [-0.05, 0) is 44.0 Å². The van der Waals surface area contributed by atoms with Gasteiger partial charge in [0.1, 0.15) is 5.56 Å². The molecule has 1 aliphatic rings. The minimum atomic E-state index is -4.83. The largest absolute Gasteiger partial charge is 0.462 e. The Balaban J connectivity index is 1.51. The first-order valence-corrected chi connectivity index (χ1v) is 10.5. The van der Waals surface area contributed by atoms with Gasteiger partial charge in [-0.1, -0.05) is 0 Å². The van der Waals surface area contributed by atoms with Crippen LogP contribution in [0.4, 0.5) is 13.2 Å². The fraction of sp³-hybridized carbons (Fsp3) is 0.364. The number of hydrogen-bond donors (Lipinski definition) is 0. The summed E-state index contributed by atoms with van der Waals surface area (Å²) in [5.41, 5.74) is -1.44. The molecular formula is C22H22F3N5O3. The Morgan fingerprint density at radius 3 is 2.42 bits per heavy atom. The Labute approximate surface area is 187 Å². The zero-order valence-corrected chi connectivity index (χ0v) is 17.8. The first-order valence-electron chi connectivity index (χ1n) is 10.5. The third-order valence-corrected chi connectivity index (χ3v) is 5.59. The van der Waals surface area contributed by atoms with Crippen LogP contribution in [0.15, 0.2) is 49.2 Å². The molecule has 1 fully saturated rings. The van der Waals surface area contributed by atoms with Crippen molar-refractivity contribution in [3.05, 3.63) is 66.0 Å². The van der Waals surface area contributed by atoms with Gasteiger partial charge in [-0.2, -0.15) is 18.3 Å². The average Bonchev–Trinajstić information content (AvgIpc) is 3.49. The van der Waals surface area contributed by atoms with E-state index in [1.54, 1.807) is 17.4 Å². The van der Waals surface area contributed by atoms with Crippen molar-refractivity contribution in [3.8, 4) is 5.69 Å². The van der Waals surface area contributed by atoms with E-state index in [1.165, 1.54) is 31.2 Å². The summed E-state index contributed by atoms with van der Waals surface area (Å²) >= 11 is 0. The lowest BCUT2D eigenvalue weighted by Crippen LogP contribution is -2.38. The van der Waals surface area contributed by atoms with E-state index in [1.807, 2.05) is 10.8 Å². The molecule has 174 valence electrons. The molecular weight excluding hydrogens is 439 g/mol. The predicted molar refractivity (Wildman–Crippen MR) is 111 cm³/mol. The maximum absolute atomic E-state index is 13.7. The number of nitrogens with zero attached hydrogens (tertiary/aromatic N) is 5. The molecule has 8 nitrogen and oxygen atoms in total. The molecule has 1 amide bonds. The number of ether oxygens (including phenoxy) is 1. The number of alkyl halides is 3. The zero-order valence-electron chi connectivity index (χ0n) is 17.8. The van der Waals surface area contributed by atoms with E-state index >= 15 is 0 Å². The van der Waals surface area contributed by atoms with Crippen molar-refractivity contribution < 1.29 is 27.5 Å². The Bertz CT molecular complexity index is 1120. The summed E-state index contributed by atoms with van der Waals surface area (Å²) in [4.78, 5) is 30.6. The molecule has 0 unspecified atom stereocenters. The highest BCUT2D eigenvalue weighted by Crippen LogP contribution is 2.34. The van der Waals surface area contributed by atoms with Crippen LogP contribution in [-0.2, 0) is 10.9 Å². The van der Waals surface area contributed by atoms with Crippen molar-refractivity contribution in [2.24, 2.45) is 0 Å². The number of halogens is 3. The number of carbonyl (C=O) groups is 2. The van der Waals surface area contributed by atoms with Crippen LogP contribution in [0.3, 0.4) is 0 Å². The molecule has 3 heterocycles. The quantitative estimate of drug-likeness (QED) is 0.541. The summed E-state index contributed by atoms with van der Waals surface area (Å²) in [5.74, 6) is -1.28. The topological polar surface area (TPSA) is 82.2 Å². The first kappa shape index (κ1) is 22.6. The van der Waals surface area contributed by atoms with E-state index in [9.17, 15) is 22.8 Å². The van der Waals surface area contributed by atoms with Gasteiger partial charge in [0.2, 0.25) is 0 Å². The highest BCUT2D eigenvalue weighted by Gasteiger charge is 2.41. The van der Waals surface area contributed by atoms with Crippen LogP contribution in [0.25, 0.3) is 5.69 Å². The average molecular weight is 461 g/mol. The third kappa shape index (κ3) is 4.62. The smallest absolute Gasteiger partial charge is 0.434 e. The molecule has 1 saturated heterocycles. The second-order valence-electron chi connectivity index (χ2n) is 7.62. The number of amides is 1. The molecule has 1 aromatic carbocycles. The summed E-state index contributed by atoms with van der Waals surface area (Å²) in [6.45, 7) is 2.59. The summed E-state index contributed by atoms with van der Waals surface area (Å²) in [5, 5.41) is 3.75. The fourth-order valence-electron chi connectivity index (χ4n) is 3.96. The van der Waals surface area contributed by atoms with Crippen LogP contribution >= 0.6 is 0 Å². The normalized spacial score (nSPS) is 15.0. The zero-order chi connectivity index (χ0) is 23.6. The monoisotopic (exact) mass is 461 g/mol. The highest BCUT2D eigenvalue weighted by atomic mass is 19.4. The summed E-state index contributed by atoms with van der Waals surface area (Å²) in [6.07, 6.45) is 2.98. The van der Waals surface area contributed by atoms with Crippen molar-refractivity contribution in [3.63, 3.8) is 0 Å². The maximum atomic E-state index is 13.7. The van der Waals surface area contributed by atoms with E-state index in [4.69, 9.17) is 4.74 Å². The standard InChI is InChI=1S/C22H22F3N5O3/c1-2-33-21(32)18-13-27-30(19(18)22(23,24)25)17-5-3-15(4-6-17)20(31)28-10-7-16(8-11-28)29-12-9-26-14-29/h3-6,9,12-14,16H,2,7-8,10-11H2,1H3. The molecule has 11 heteroatoms. The van der Waals surface area contributed by atoms with Crippen molar-refractivity contribution in [1.29, 1.82) is 0 Å². The first-order chi connectivity index (χ1) is 15.8. The van der Waals surface area contributed by atoms with Gasteiger partial charge in [-0.25, -0.2) is 14.5 Å². The number of rotatable bonds is 5. The molecule has 2 aromatic heterocycles. The van der Waals surface area contributed by atoms with Crippen molar-refractivity contribution >= 4 is 11.9 Å². The number of hydrogen-bond acceptors (Lipinski definition) is 5. The van der Waals surface area contributed by atoms with Crippen molar-refractivity contribution in [2.75, 3.05) is 19.7 Å². The van der Waals surface area contributed by atoms with Gasteiger partial charge >= 0.3 is 12.1 Å². The van der Waals surface area contributed by atoms with Crippen LogP contribution in [0, 0.1) is 0 Å². The molecule has 3 aromatic rings. The number of imidazole rings is 1. The van der Waals surface area contributed by atoms with Gasteiger partial charge in [0, 0.05) is 37.1 Å². The van der Waals surface area contributed by atoms with Crippen LogP contribution < -0.4 is 0 Å². The second kappa shape index (κ2) is 9.08. The lowest BCUT2D eigenvalue weighted by molar-refractivity contribution is -0.143. The van der Waals surface area contributed by atoms with Crippen molar-refractivity contribution in [2.45, 2.75) is 32.0 Å². The molecule has 33 heavy (non-hydrogen) atoms. The molecule has 0 atom stereocenters. The summed E-state index contributed by atoms with van der Waals surface area (Å²) in [6, 6.07) is 5.97. The minimum absolute atomic E-state index is 0.0579. The van der Waals surface area contributed by atoms with Gasteiger partial charge in [0.25, 0.3) is 5.91 Å². The van der Waals surface area contributed by atoms with E-state index in [0.717, 1.165) is 19.0 Å². The van der Waals surface area contributed by atoms with Gasteiger partial charge in [-0.3, -0.25) is 4.79 Å². The number of aromatic nitrogens is 4. The van der Waals surface area contributed by atoms with E-state index in [-0.39, 0.29) is 24.2 Å². The highest BCUT2D eigenvalue weighted by molar-refractivity contribution is 5.94. The number of likely N-dealkylation sites (tertiary alicyclic amines) is 1. The SMILES string of the molecule is CCOC(=O)c1cnn(-c2ccc(C(=O)N3CCC(n4ccnc4)CC3)cc2)c1C(F)(F)F. The molecule has 0 saturated carbocycles. The Kier molecular flexibility index (Phi) is 6.21. The molecule has 4 rings (SSSR count). The summed E-state index contributed by atoms with van der Waals surface area (Å²) in [7, 11) is 0. The van der Waals surface area contributed by atoms with Crippen LogP contribution in [0.1, 0.15) is 52.2 Å². The van der Waals surface area contributed by atoms with Gasteiger partial charge < -0.3 is 14.2 Å². The van der Waals surface area contributed by atoms with Crippen molar-refractivity contribution in [1.82, 2.24) is 24.2 Å². The molecule has 0 spiro atoms. The summed E-state index contributed by atoms with van der Waals surface area (Å²) < 4.78 is 48.4. The van der Waals surface area contributed by atoms with Gasteiger partial charge in [0.05, 0.1) is 24.8 Å². The molecule has 0 bridgehead atoms. The van der Waals surface area contributed by atoms with E-state index in [0.29, 0.717) is 23.3 Å². The number of carbonyl (C=O) groups excluding carboxylic acids is 2. The molecule has 0 N–H and O–H groups in total.